The first kappa shape index (κ1) is 67.1. The Balaban J connectivity index is 4.40. The summed E-state index contributed by atoms with van der Waals surface area (Å²) in [5.41, 5.74) is 0. The Labute approximate surface area is 438 Å². The van der Waals surface area contributed by atoms with Crippen molar-refractivity contribution in [2.75, 3.05) is 13.2 Å². The molecule has 0 radical (unpaired) electrons. The van der Waals surface area contributed by atoms with Gasteiger partial charge in [0.15, 0.2) is 6.10 Å². The Morgan fingerprint density at radius 2 is 0.563 bits per heavy atom. The van der Waals surface area contributed by atoms with Gasteiger partial charge in [-0.05, 0) is 122 Å². The Kier molecular flexibility index (Phi) is 55.4. The number of unbranched alkanes of at least 4 members (excludes halogenated alkanes) is 23. The Morgan fingerprint density at radius 1 is 0.296 bits per heavy atom. The average Bonchev–Trinajstić information content (AvgIpc) is 3.37. The first-order chi connectivity index (χ1) is 35.0. The Bertz CT molecular complexity index is 1460. The molecule has 404 valence electrons. The van der Waals surface area contributed by atoms with E-state index in [1.165, 1.54) is 96.3 Å². The van der Waals surface area contributed by atoms with Crippen LogP contribution in [0, 0.1) is 0 Å². The molecule has 0 aliphatic rings. The second-order valence-electron chi connectivity index (χ2n) is 19.2. The molecule has 0 rings (SSSR count). The van der Waals surface area contributed by atoms with E-state index in [4.69, 9.17) is 14.2 Å². The van der Waals surface area contributed by atoms with Gasteiger partial charge in [0.2, 0.25) is 0 Å². The highest BCUT2D eigenvalue weighted by Gasteiger charge is 2.19. The molecular formula is C65H108O6. The number of hydrogen-bond acceptors (Lipinski definition) is 6. The third-order valence-electron chi connectivity index (χ3n) is 12.2. The molecule has 0 bridgehead atoms. The number of allylic oxidation sites excluding steroid dienone is 18. The zero-order chi connectivity index (χ0) is 51.4. The van der Waals surface area contributed by atoms with E-state index in [0.717, 1.165) is 128 Å². The predicted octanol–water partition coefficient (Wildman–Crippen LogP) is 19.9. The lowest BCUT2D eigenvalue weighted by Crippen LogP contribution is -2.30. The van der Waals surface area contributed by atoms with Crippen LogP contribution in [0.15, 0.2) is 109 Å². The molecule has 1 unspecified atom stereocenters. The van der Waals surface area contributed by atoms with Crippen LogP contribution in [0.5, 0.6) is 0 Å². The monoisotopic (exact) mass is 985 g/mol. The summed E-state index contributed by atoms with van der Waals surface area (Å²) in [5, 5.41) is 0. The van der Waals surface area contributed by atoms with Crippen molar-refractivity contribution in [1.82, 2.24) is 0 Å². The molecule has 0 aliphatic carbocycles. The fraction of sp³-hybridized carbons (Fsp3) is 0.677. The van der Waals surface area contributed by atoms with E-state index in [2.05, 4.69) is 130 Å². The van der Waals surface area contributed by atoms with Gasteiger partial charge in [-0.15, -0.1) is 0 Å². The van der Waals surface area contributed by atoms with E-state index < -0.39 is 6.10 Å². The molecule has 0 saturated carbocycles. The van der Waals surface area contributed by atoms with Gasteiger partial charge in [0, 0.05) is 19.3 Å². The maximum absolute atomic E-state index is 12.9. The molecule has 0 aromatic heterocycles. The molecule has 0 aliphatic heterocycles. The maximum atomic E-state index is 12.9. The fourth-order valence-electron chi connectivity index (χ4n) is 7.81. The van der Waals surface area contributed by atoms with Crippen LogP contribution in [0.2, 0.25) is 0 Å². The van der Waals surface area contributed by atoms with E-state index in [1.54, 1.807) is 0 Å². The molecule has 6 heteroatoms. The van der Waals surface area contributed by atoms with Crippen LogP contribution in [-0.4, -0.2) is 37.2 Å². The number of carbonyl (C=O) groups is 3. The summed E-state index contributed by atoms with van der Waals surface area (Å²) in [6, 6.07) is 0. The summed E-state index contributed by atoms with van der Waals surface area (Å²) >= 11 is 0. The van der Waals surface area contributed by atoms with Crippen LogP contribution in [-0.2, 0) is 28.6 Å². The maximum Gasteiger partial charge on any atom is 0.306 e. The molecule has 0 N–H and O–H groups in total. The van der Waals surface area contributed by atoms with E-state index in [9.17, 15) is 14.4 Å². The molecule has 0 fully saturated rings. The normalized spacial score (nSPS) is 12.9. The number of ether oxygens (including phenoxy) is 3. The molecule has 0 heterocycles. The van der Waals surface area contributed by atoms with Crippen LogP contribution in [0.25, 0.3) is 0 Å². The molecule has 0 aromatic carbocycles. The summed E-state index contributed by atoms with van der Waals surface area (Å²) in [6.45, 7) is 6.43. The molecule has 0 spiro atoms. The van der Waals surface area contributed by atoms with Gasteiger partial charge in [0.1, 0.15) is 13.2 Å². The lowest BCUT2D eigenvalue weighted by Gasteiger charge is -2.18. The highest BCUT2D eigenvalue weighted by Crippen LogP contribution is 2.14. The van der Waals surface area contributed by atoms with Crippen molar-refractivity contribution in [1.29, 1.82) is 0 Å². The van der Waals surface area contributed by atoms with E-state index in [0.29, 0.717) is 19.3 Å². The topological polar surface area (TPSA) is 78.9 Å². The molecule has 0 amide bonds. The van der Waals surface area contributed by atoms with Gasteiger partial charge in [-0.2, -0.15) is 0 Å². The van der Waals surface area contributed by atoms with Crippen molar-refractivity contribution in [3.8, 4) is 0 Å². The van der Waals surface area contributed by atoms with Gasteiger partial charge in [-0.3, -0.25) is 14.4 Å². The summed E-state index contributed by atoms with van der Waals surface area (Å²) in [6.07, 6.45) is 79.3. The molecule has 0 saturated heterocycles. The first-order valence-corrected chi connectivity index (χ1v) is 29.4. The van der Waals surface area contributed by atoms with Gasteiger partial charge in [0.05, 0.1) is 0 Å². The third kappa shape index (κ3) is 56.9. The standard InChI is InChI=1S/C65H108O6/c1-4-7-10-13-16-19-22-24-26-28-30-31-32-33-35-36-38-40-43-46-49-52-55-58-64(67)70-61-62(60-69-63(66)57-54-51-48-45-42-21-18-15-12-9-6-3)71-65(68)59-56-53-50-47-44-41-39-37-34-29-27-25-23-20-17-14-11-8-5-2/h7,10,15-20,24-27,30-31,33,35,38,40,62H,4-6,8-9,11-14,21-23,28-29,32,34,36-37,39,41-61H2,1-3H3/b10-7-,18-15-,19-16-,20-17-,26-24-,27-25-,31-30-,35-33-,40-38-. The number of hydrogen-bond donors (Lipinski definition) is 0. The minimum atomic E-state index is -0.796. The van der Waals surface area contributed by atoms with Crippen molar-refractivity contribution in [2.45, 2.75) is 271 Å². The molecule has 1 atom stereocenters. The summed E-state index contributed by atoms with van der Waals surface area (Å²) in [7, 11) is 0. The van der Waals surface area contributed by atoms with E-state index in [1.807, 2.05) is 0 Å². The molecule has 71 heavy (non-hydrogen) atoms. The van der Waals surface area contributed by atoms with Crippen LogP contribution in [0.4, 0.5) is 0 Å². The van der Waals surface area contributed by atoms with Gasteiger partial charge in [0.25, 0.3) is 0 Å². The van der Waals surface area contributed by atoms with Crippen LogP contribution >= 0.6 is 0 Å². The van der Waals surface area contributed by atoms with Crippen molar-refractivity contribution in [3.05, 3.63) is 109 Å². The van der Waals surface area contributed by atoms with Gasteiger partial charge >= 0.3 is 17.9 Å². The zero-order valence-corrected chi connectivity index (χ0v) is 46.2. The van der Waals surface area contributed by atoms with Crippen molar-refractivity contribution in [3.63, 3.8) is 0 Å². The van der Waals surface area contributed by atoms with E-state index >= 15 is 0 Å². The second kappa shape index (κ2) is 58.6. The van der Waals surface area contributed by atoms with Crippen LogP contribution < -0.4 is 0 Å². The largest absolute Gasteiger partial charge is 0.462 e. The van der Waals surface area contributed by atoms with Gasteiger partial charge in [-0.25, -0.2) is 0 Å². The average molecular weight is 986 g/mol. The van der Waals surface area contributed by atoms with Crippen molar-refractivity contribution >= 4 is 17.9 Å². The SMILES string of the molecule is CC/C=C\C/C=C\C/C=C\C/C=C\C/C=C\C/C=C\CCCCCCC(=O)OCC(COC(=O)CCCCCCC/C=C\CCCC)OC(=O)CCCCCCCCCCC/C=C\C/C=C\CCCCC. The summed E-state index contributed by atoms with van der Waals surface area (Å²) in [4.78, 5) is 38.1. The van der Waals surface area contributed by atoms with Gasteiger partial charge in [-0.1, -0.05) is 233 Å². The highest BCUT2D eigenvalue weighted by atomic mass is 16.6. The lowest BCUT2D eigenvalue weighted by atomic mass is 10.1. The number of rotatable bonds is 52. The lowest BCUT2D eigenvalue weighted by molar-refractivity contribution is -0.167. The molecule has 6 nitrogen and oxygen atoms in total. The summed E-state index contributed by atoms with van der Waals surface area (Å²) in [5.74, 6) is -0.932. The van der Waals surface area contributed by atoms with E-state index in [-0.39, 0.29) is 31.1 Å². The Morgan fingerprint density at radius 3 is 0.915 bits per heavy atom. The smallest absolute Gasteiger partial charge is 0.306 e. The summed E-state index contributed by atoms with van der Waals surface area (Å²) < 4.78 is 16.8. The zero-order valence-electron chi connectivity index (χ0n) is 46.2. The predicted molar refractivity (Wildman–Crippen MR) is 307 cm³/mol. The van der Waals surface area contributed by atoms with Crippen LogP contribution in [0.1, 0.15) is 265 Å². The third-order valence-corrected chi connectivity index (χ3v) is 12.2. The number of esters is 3. The minimum absolute atomic E-state index is 0.0936. The first-order valence-electron chi connectivity index (χ1n) is 29.4. The highest BCUT2D eigenvalue weighted by molar-refractivity contribution is 5.71. The quantitative estimate of drug-likeness (QED) is 0.0261. The Hall–Kier alpha value is -3.93. The van der Waals surface area contributed by atoms with Gasteiger partial charge < -0.3 is 14.2 Å². The molecular weight excluding hydrogens is 877 g/mol. The number of carbonyl (C=O) groups excluding carboxylic acids is 3. The van der Waals surface area contributed by atoms with Crippen LogP contribution in [0.3, 0.4) is 0 Å². The second-order valence-corrected chi connectivity index (χ2v) is 19.2. The molecule has 0 aromatic rings. The fourth-order valence-corrected chi connectivity index (χ4v) is 7.81. The van der Waals surface area contributed by atoms with Crippen molar-refractivity contribution in [2.24, 2.45) is 0 Å². The van der Waals surface area contributed by atoms with Crippen molar-refractivity contribution < 1.29 is 28.6 Å². The minimum Gasteiger partial charge on any atom is -0.462 e.